The van der Waals surface area contributed by atoms with Crippen LogP contribution >= 0.6 is 0 Å². The zero-order chi connectivity index (χ0) is 13.1. The molecule has 0 aromatic carbocycles. The average molecular weight is 260 g/mol. The number of nitrogens with zero attached hydrogens (tertiary/aromatic N) is 1. The van der Waals surface area contributed by atoms with Gasteiger partial charge in [-0.2, -0.15) is 5.10 Å². The first-order valence-corrected chi connectivity index (χ1v) is 7.13. The maximum atomic E-state index is 12.0. The third-order valence-corrected chi connectivity index (χ3v) is 4.21. The van der Waals surface area contributed by atoms with E-state index in [1.54, 1.807) is 13.8 Å². The predicted molar refractivity (Wildman–Crippen MR) is 66.1 cm³/mol. The molecule has 0 bridgehead atoms. The second-order valence-electron chi connectivity index (χ2n) is 4.16. The summed E-state index contributed by atoms with van der Waals surface area (Å²) in [5.74, 6) is 0. The van der Waals surface area contributed by atoms with Gasteiger partial charge in [-0.1, -0.05) is 13.3 Å². The number of H-pyrrole nitrogens is 1. The minimum atomic E-state index is -3.52. The van der Waals surface area contributed by atoms with Crippen LogP contribution in [-0.2, 0) is 10.0 Å². The fourth-order valence-electron chi connectivity index (χ4n) is 1.70. The average Bonchev–Trinajstić information content (AvgIpc) is 2.57. The summed E-state index contributed by atoms with van der Waals surface area (Å²) in [5, 5.41) is 6.53. The van der Waals surface area contributed by atoms with Gasteiger partial charge in [0.2, 0.25) is 10.0 Å². The molecule has 0 saturated carbocycles. The summed E-state index contributed by atoms with van der Waals surface area (Å²) < 4.78 is 26.5. The van der Waals surface area contributed by atoms with Crippen LogP contribution in [0.1, 0.15) is 31.2 Å². The summed E-state index contributed by atoms with van der Waals surface area (Å²) in [7, 11) is -3.52. The maximum absolute atomic E-state index is 12.0. The lowest BCUT2D eigenvalue weighted by molar-refractivity contribution is 0.552. The summed E-state index contributed by atoms with van der Waals surface area (Å²) in [4.78, 5) is 0.223. The van der Waals surface area contributed by atoms with Gasteiger partial charge in [-0.25, -0.2) is 13.1 Å². The molecular formula is C10H20N4O2S. The Labute approximate surface area is 102 Å². The van der Waals surface area contributed by atoms with E-state index in [0.717, 1.165) is 12.8 Å². The Bertz CT molecular complexity index is 447. The number of aromatic amines is 1. The number of nitrogens with one attached hydrogen (secondary N) is 2. The van der Waals surface area contributed by atoms with Crippen LogP contribution in [-0.4, -0.2) is 31.2 Å². The zero-order valence-corrected chi connectivity index (χ0v) is 11.3. The predicted octanol–water partition coefficient (Wildman–Crippen LogP) is 0.432. The van der Waals surface area contributed by atoms with E-state index < -0.39 is 10.0 Å². The van der Waals surface area contributed by atoms with Crippen LogP contribution in [0.25, 0.3) is 0 Å². The Balaban J connectivity index is 2.76. The molecule has 0 aliphatic carbocycles. The molecule has 17 heavy (non-hydrogen) atoms. The largest absolute Gasteiger partial charge is 0.327 e. The molecule has 0 radical (unpaired) electrons. The Morgan fingerprint density at radius 1 is 1.47 bits per heavy atom. The molecule has 1 heterocycles. The highest BCUT2D eigenvalue weighted by Crippen LogP contribution is 2.15. The van der Waals surface area contributed by atoms with Gasteiger partial charge in [0.25, 0.3) is 0 Å². The molecular weight excluding hydrogens is 240 g/mol. The van der Waals surface area contributed by atoms with Gasteiger partial charge in [0.1, 0.15) is 4.90 Å². The number of aromatic nitrogens is 2. The van der Waals surface area contributed by atoms with Gasteiger partial charge >= 0.3 is 0 Å². The normalized spacial score (nSPS) is 13.9. The number of aryl methyl sites for hydroxylation is 2. The molecule has 1 atom stereocenters. The summed E-state index contributed by atoms with van der Waals surface area (Å²) in [5.41, 5.74) is 6.78. The zero-order valence-electron chi connectivity index (χ0n) is 10.4. The van der Waals surface area contributed by atoms with Crippen molar-refractivity contribution in [3.63, 3.8) is 0 Å². The molecule has 1 aromatic rings. The molecule has 1 rings (SSSR count). The maximum Gasteiger partial charge on any atom is 0.244 e. The van der Waals surface area contributed by atoms with Crippen LogP contribution in [0.2, 0.25) is 0 Å². The van der Waals surface area contributed by atoms with E-state index in [2.05, 4.69) is 14.9 Å². The Kier molecular flexibility index (Phi) is 4.67. The smallest absolute Gasteiger partial charge is 0.244 e. The lowest BCUT2D eigenvalue weighted by Gasteiger charge is -2.12. The van der Waals surface area contributed by atoms with Gasteiger partial charge in [-0.15, -0.1) is 0 Å². The molecule has 4 N–H and O–H groups in total. The summed E-state index contributed by atoms with van der Waals surface area (Å²) >= 11 is 0. The first-order chi connectivity index (χ1) is 7.88. The first kappa shape index (κ1) is 14.1. The van der Waals surface area contributed by atoms with Crippen LogP contribution in [0.3, 0.4) is 0 Å². The van der Waals surface area contributed by atoms with Gasteiger partial charge in [0.15, 0.2) is 0 Å². The van der Waals surface area contributed by atoms with Crippen molar-refractivity contribution in [1.82, 2.24) is 14.9 Å². The van der Waals surface area contributed by atoms with Gasteiger partial charge < -0.3 is 5.73 Å². The molecule has 6 nitrogen and oxygen atoms in total. The second kappa shape index (κ2) is 5.61. The standard InChI is InChI=1S/C10H20N4O2S/c1-4-5-9(11)6-12-17(15,16)10-7(2)13-14-8(10)3/h9,12H,4-6,11H2,1-3H3,(H,13,14). The van der Waals surface area contributed by atoms with Crippen LogP contribution in [0.15, 0.2) is 4.90 Å². The Morgan fingerprint density at radius 2 is 2.12 bits per heavy atom. The number of hydrogen-bond acceptors (Lipinski definition) is 4. The van der Waals surface area contributed by atoms with E-state index >= 15 is 0 Å². The van der Waals surface area contributed by atoms with Gasteiger partial charge in [-0.05, 0) is 20.3 Å². The minimum absolute atomic E-state index is 0.151. The fourth-order valence-corrected chi connectivity index (χ4v) is 3.16. The van der Waals surface area contributed by atoms with E-state index in [9.17, 15) is 8.42 Å². The number of sulfonamides is 1. The minimum Gasteiger partial charge on any atom is -0.327 e. The summed E-state index contributed by atoms with van der Waals surface area (Å²) in [6.07, 6.45) is 1.73. The molecule has 1 unspecified atom stereocenters. The molecule has 0 amide bonds. The third-order valence-electron chi connectivity index (χ3n) is 2.52. The third kappa shape index (κ3) is 3.52. The molecule has 0 saturated heterocycles. The molecule has 0 spiro atoms. The van der Waals surface area contributed by atoms with Crippen molar-refractivity contribution >= 4 is 10.0 Å². The van der Waals surface area contributed by atoms with E-state index in [4.69, 9.17) is 5.73 Å². The van der Waals surface area contributed by atoms with E-state index in [-0.39, 0.29) is 17.5 Å². The van der Waals surface area contributed by atoms with Crippen LogP contribution in [0.5, 0.6) is 0 Å². The van der Waals surface area contributed by atoms with Crippen LogP contribution in [0, 0.1) is 13.8 Å². The molecule has 0 aliphatic rings. The molecule has 0 fully saturated rings. The second-order valence-corrected chi connectivity index (χ2v) is 5.87. The lowest BCUT2D eigenvalue weighted by atomic mass is 10.2. The molecule has 98 valence electrons. The SMILES string of the molecule is CCCC(N)CNS(=O)(=O)c1c(C)n[nH]c1C. The van der Waals surface area contributed by atoms with Crippen molar-refractivity contribution in [2.24, 2.45) is 5.73 Å². The van der Waals surface area contributed by atoms with Gasteiger partial charge in [-0.3, -0.25) is 5.10 Å². The van der Waals surface area contributed by atoms with Crippen molar-refractivity contribution in [2.75, 3.05) is 6.54 Å². The summed E-state index contributed by atoms with van der Waals surface area (Å²) in [6, 6.07) is -0.151. The van der Waals surface area contributed by atoms with E-state index in [0.29, 0.717) is 11.4 Å². The number of rotatable bonds is 6. The van der Waals surface area contributed by atoms with Crippen LogP contribution < -0.4 is 10.5 Å². The van der Waals surface area contributed by atoms with Crippen LogP contribution in [0.4, 0.5) is 0 Å². The number of hydrogen-bond donors (Lipinski definition) is 3. The summed E-state index contributed by atoms with van der Waals surface area (Å²) in [6.45, 7) is 5.60. The molecule has 7 heteroatoms. The van der Waals surface area contributed by atoms with E-state index in [1.165, 1.54) is 0 Å². The quantitative estimate of drug-likeness (QED) is 0.690. The Morgan fingerprint density at radius 3 is 2.59 bits per heavy atom. The van der Waals surface area contributed by atoms with Crippen molar-refractivity contribution < 1.29 is 8.42 Å². The van der Waals surface area contributed by atoms with E-state index in [1.807, 2.05) is 6.92 Å². The van der Waals surface area contributed by atoms with Crippen molar-refractivity contribution in [3.05, 3.63) is 11.4 Å². The van der Waals surface area contributed by atoms with Gasteiger partial charge in [0.05, 0.1) is 11.4 Å². The topological polar surface area (TPSA) is 101 Å². The van der Waals surface area contributed by atoms with Gasteiger partial charge in [0, 0.05) is 12.6 Å². The van der Waals surface area contributed by atoms with Crippen molar-refractivity contribution in [1.29, 1.82) is 0 Å². The van der Waals surface area contributed by atoms with Crippen molar-refractivity contribution in [2.45, 2.75) is 44.6 Å². The highest BCUT2D eigenvalue weighted by Gasteiger charge is 2.22. The molecule has 0 aliphatic heterocycles. The van der Waals surface area contributed by atoms with Crippen molar-refractivity contribution in [3.8, 4) is 0 Å². The fraction of sp³-hybridized carbons (Fsp3) is 0.700. The highest BCUT2D eigenvalue weighted by atomic mass is 32.2. The monoisotopic (exact) mass is 260 g/mol. The highest BCUT2D eigenvalue weighted by molar-refractivity contribution is 7.89. The molecule has 1 aromatic heterocycles. The number of nitrogens with two attached hydrogens (primary N) is 1. The Hall–Kier alpha value is -0.920. The first-order valence-electron chi connectivity index (χ1n) is 5.65. The lowest BCUT2D eigenvalue weighted by Crippen LogP contribution is -2.37.